The van der Waals surface area contributed by atoms with Gasteiger partial charge in [-0.3, -0.25) is 19.9 Å². The number of rotatable bonds is 6. The maximum atomic E-state index is 11.7. The maximum Gasteiger partial charge on any atom is 0.181 e. The molecule has 1 aromatic carbocycles. The average Bonchev–Trinajstić information content (AvgIpc) is 3.53. The summed E-state index contributed by atoms with van der Waals surface area (Å²) in [5.74, 6) is 0.182. The molecule has 5 heterocycles. The van der Waals surface area contributed by atoms with E-state index in [1.807, 2.05) is 37.3 Å². The van der Waals surface area contributed by atoms with Crippen molar-refractivity contribution in [2.75, 3.05) is 0 Å². The Morgan fingerprint density at radius 2 is 1.74 bits per heavy atom. The van der Waals surface area contributed by atoms with Gasteiger partial charge in [-0.2, -0.15) is 5.10 Å². The van der Waals surface area contributed by atoms with Crippen LogP contribution in [0.5, 0.6) is 0 Å². The largest absolute Gasteiger partial charge is 0.353 e. The number of hydrogen-bond donors (Lipinski definition) is 2. The van der Waals surface area contributed by atoms with E-state index < -0.39 is 0 Å². The summed E-state index contributed by atoms with van der Waals surface area (Å²) >= 11 is 0. The standard InChI is InChI=1S/C28H22N6O/c1-2-21(35)13-20-7-6-18(15-30-20)19-12-24-27(33-34-28(24)31-16-19)26-14-23-22(4-3-5-25(23)32-26)17-8-10-29-11-9-17/h3-12,14-16,32H,2,13H2,1H3,(H,31,33,34). The van der Waals surface area contributed by atoms with Crippen molar-refractivity contribution >= 4 is 27.7 Å². The third-order valence-electron chi connectivity index (χ3n) is 6.27. The number of nitrogens with zero attached hydrogens (tertiary/aromatic N) is 4. The van der Waals surface area contributed by atoms with E-state index in [-0.39, 0.29) is 5.78 Å². The summed E-state index contributed by atoms with van der Waals surface area (Å²) in [5.41, 5.74) is 8.43. The normalized spacial score (nSPS) is 11.3. The molecule has 0 unspecified atom stereocenters. The minimum atomic E-state index is 0.182. The van der Waals surface area contributed by atoms with Crippen molar-refractivity contribution in [2.45, 2.75) is 19.8 Å². The number of carbonyl (C=O) groups excluding carboxylic acids is 1. The Hall–Kier alpha value is -4.65. The fourth-order valence-electron chi connectivity index (χ4n) is 4.36. The Kier molecular flexibility index (Phi) is 5.15. The van der Waals surface area contributed by atoms with Gasteiger partial charge in [-0.15, -0.1) is 0 Å². The van der Waals surface area contributed by atoms with E-state index in [4.69, 9.17) is 0 Å². The minimum absolute atomic E-state index is 0.182. The van der Waals surface area contributed by atoms with Crippen LogP contribution in [-0.4, -0.2) is 35.9 Å². The molecule has 0 spiro atoms. The van der Waals surface area contributed by atoms with E-state index in [9.17, 15) is 4.79 Å². The van der Waals surface area contributed by atoms with Gasteiger partial charge in [0.2, 0.25) is 0 Å². The molecule has 0 atom stereocenters. The summed E-state index contributed by atoms with van der Waals surface area (Å²) < 4.78 is 0. The lowest BCUT2D eigenvalue weighted by Crippen LogP contribution is -2.02. The van der Waals surface area contributed by atoms with Crippen molar-refractivity contribution in [2.24, 2.45) is 0 Å². The molecule has 170 valence electrons. The molecule has 0 saturated carbocycles. The maximum absolute atomic E-state index is 11.7. The number of carbonyl (C=O) groups is 1. The summed E-state index contributed by atoms with van der Waals surface area (Å²) in [6.45, 7) is 1.87. The number of benzene rings is 1. The molecule has 0 bridgehead atoms. The molecule has 0 aliphatic carbocycles. The fraction of sp³-hybridized carbons (Fsp3) is 0.107. The lowest BCUT2D eigenvalue weighted by Gasteiger charge is -2.04. The zero-order chi connectivity index (χ0) is 23.8. The fourth-order valence-corrected chi connectivity index (χ4v) is 4.36. The SMILES string of the molecule is CCC(=O)Cc1ccc(-c2cnc3n[nH]c(-c4cc5c(-c6ccncc6)cccc5[nH]4)c3c2)cn1. The summed E-state index contributed by atoms with van der Waals surface area (Å²) in [7, 11) is 0. The highest BCUT2D eigenvalue weighted by Crippen LogP contribution is 2.34. The first-order valence-electron chi connectivity index (χ1n) is 11.5. The second-order valence-corrected chi connectivity index (χ2v) is 8.49. The lowest BCUT2D eigenvalue weighted by molar-refractivity contribution is -0.118. The molecule has 0 aliphatic heterocycles. The quantitative estimate of drug-likeness (QED) is 0.331. The first kappa shape index (κ1) is 20.9. The molecule has 0 fully saturated rings. The van der Waals surface area contributed by atoms with Gasteiger partial charge in [-0.05, 0) is 47.5 Å². The minimum Gasteiger partial charge on any atom is -0.353 e. The van der Waals surface area contributed by atoms with Crippen LogP contribution >= 0.6 is 0 Å². The van der Waals surface area contributed by atoms with Crippen molar-refractivity contribution < 1.29 is 4.79 Å². The Balaban J connectivity index is 1.40. The lowest BCUT2D eigenvalue weighted by atomic mass is 10.0. The van der Waals surface area contributed by atoms with Gasteiger partial charge >= 0.3 is 0 Å². The number of Topliss-reactive ketones (excluding diaryl/α,β-unsaturated/α-hetero) is 1. The number of hydrogen-bond acceptors (Lipinski definition) is 5. The van der Waals surface area contributed by atoms with Gasteiger partial charge in [0.05, 0.1) is 11.4 Å². The van der Waals surface area contributed by atoms with Gasteiger partial charge in [0.15, 0.2) is 5.65 Å². The second-order valence-electron chi connectivity index (χ2n) is 8.49. The van der Waals surface area contributed by atoms with Crippen molar-refractivity contribution in [1.82, 2.24) is 30.1 Å². The summed E-state index contributed by atoms with van der Waals surface area (Å²) in [6, 6.07) is 18.4. The zero-order valence-electron chi connectivity index (χ0n) is 19.1. The molecule has 7 nitrogen and oxygen atoms in total. The van der Waals surface area contributed by atoms with Crippen LogP contribution in [0, 0.1) is 0 Å². The van der Waals surface area contributed by atoms with Gasteiger partial charge in [-0.25, -0.2) is 4.98 Å². The third-order valence-corrected chi connectivity index (χ3v) is 6.27. The van der Waals surface area contributed by atoms with E-state index in [0.29, 0.717) is 18.5 Å². The summed E-state index contributed by atoms with van der Waals surface area (Å²) in [6.07, 6.45) is 8.09. The molecule has 35 heavy (non-hydrogen) atoms. The van der Waals surface area contributed by atoms with Crippen LogP contribution in [0.1, 0.15) is 19.0 Å². The molecule has 6 rings (SSSR count). The molecule has 5 aromatic heterocycles. The Bertz CT molecular complexity index is 1670. The molecular formula is C28H22N6O. The number of aromatic nitrogens is 6. The highest BCUT2D eigenvalue weighted by atomic mass is 16.1. The molecular weight excluding hydrogens is 436 g/mol. The number of aromatic amines is 2. The Morgan fingerprint density at radius 3 is 2.54 bits per heavy atom. The first-order valence-corrected chi connectivity index (χ1v) is 11.5. The van der Waals surface area contributed by atoms with Crippen LogP contribution in [0.4, 0.5) is 0 Å². The third kappa shape index (κ3) is 3.87. The monoisotopic (exact) mass is 458 g/mol. The van der Waals surface area contributed by atoms with Crippen molar-refractivity contribution in [3.63, 3.8) is 0 Å². The van der Waals surface area contributed by atoms with Crippen LogP contribution < -0.4 is 0 Å². The van der Waals surface area contributed by atoms with Crippen LogP contribution in [-0.2, 0) is 11.2 Å². The highest BCUT2D eigenvalue weighted by molar-refractivity contribution is 6.01. The predicted octanol–water partition coefficient (Wildman–Crippen LogP) is 5.75. The molecule has 6 aromatic rings. The predicted molar refractivity (Wildman–Crippen MR) is 137 cm³/mol. The topological polar surface area (TPSA) is 100 Å². The van der Waals surface area contributed by atoms with Crippen LogP contribution in [0.15, 0.2) is 79.4 Å². The molecule has 2 N–H and O–H groups in total. The van der Waals surface area contributed by atoms with Gasteiger partial charge in [0.25, 0.3) is 0 Å². The number of H-pyrrole nitrogens is 2. The molecule has 0 radical (unpaired) electrons. The Labute approximate surface area is 201 Å². The van der Waals surface area contributed by atoms with Crippen LogP contribution in [0.25, 0.3) is 55.6 Å². The van der Waals surface area contributed by atoms with Crippen molar-refractivity contribution in [3.8, 4) is 33.6 Å². The van der Waals surface area contributed by atoms with E-state index in [1.54, 1.807) is 24.8 Å². The van der Waals surface area contributed by atoms with E-state index >= 15 is 0 Å². The smallest absolute Gasteiger partial charge is 0.181 e. The summed E-state index contributed by atoms with van der Waals surface area (Å²) in [5, 5.41) is 9.63. The molecule has 0 amide bonds. The molecule has 0 saturated heterocycles. The van der Waals surface area contributed by atoms with Crippen LogP contribution in [0.3, 0.4) is 0 Å². The van der Waals surface area contributed by atoms with Crippen molar-refractivity contribution in [1.29, 1.82) is 0 Å². The van der Waals surface area contributed by atoms with E-state index in [0.717, 1.165) is 55.6 Å². The van der Waals surface area contributed by atoms with Crippen LogP contribution in [0.2, 0.25) is 0 Å². The van der Waals surface area contributed by atoms with E-state index in [1.165, 1.54) is 0 Å². The number of pyridine rings is 3. The molecule has 0 aliphatic rings. The van der Waals surface area contributed by atoms with Gasteiger partial charge in [-0.1, -0.05) is 25.1 Å². The number of fused-ring (bicyclic) bond motifs is 2. The second kappa shape index (κ2) is 8.61. The average molecular weight is 459 g/mol. The van der Waals surface area contributed by atoms with Crippen molar-refractivity contribution in [3.05, 3.63) is 85.1 Å². The van der Waals surface area contributed by atoms with E-state index in [2.05, 4.69) is 54.4 Å². The highest BCUT2D eigenvalue weighted by Gasteiger charge is 2.15. The molecule has 7 heteroatoms. The zero-order valence-corrected chi connectivity index (χ0v) is 19.1. The van der Waals surface area contributed by atoms with Gasteiger partial charge in [0.1, 0.15) is 5.78 Å². The first-order chi connectivity index (χ1) is 17.2. The number of nitrogens with one attached hydrogen (secondary N) is 2. The van der Waals surface area contributed by atoms with Gasteiger partial charge < -0.3 is 4.98 Å². The Morgan fingerprint density at radius 1 is 0.886 bits per heavy atom. The summed E-state index contributed by atoms with van der Waals surface area (Å²) in [4.78, 5) is 28.4. The number of ketones is 1. The van der Waals surface area contributed by atoms with Gasteiger partial charge in [0, 0.05) is 70.7 Å².